The maximum Gasteiger partial charge on any atom is 0.225 e. The summed E-state index contributed by atoms with van der Waals surface area (Å²) in [5.74, 6) is 0.0388. The lowest BCUT2D eigenvalue weighted by atomic mass is 9.81. The molecule has 0 aliphatic carbocycles. The van der Waals surface area contributed by atoms with Crippen LogP contribution in [0.15, 0.2) is 0 Å². The number of ether oxygens (including phenoxy) is 1. The molecular weight excluding hydrogens is 240 g/mol. The van der Waals surface area contributed by atoms with Crippen LogP contribution >= 0.6 is 12.4 Å². The first-order valence-corrected chi connectivity index (χ1v) is 6.05. The Bertz CT molecular complexity index is 231. The van der Waals surface area contributed by atoms with Gasteiger partial charge in [-0.3, -0.25) is 4.79 Å². The van der Waals surface area contributed by atoms with Crippen molar-refractivity contribution >= 4 is 18.3 Å². The van der Waals surface area contributed by atoms with Crippen LogP contribution < -0.4 is 10.6 Å². The van der Waals surface area contributed by atoms with Crippen LogP contribution in [0.5, 0.6) is 0 Å². The summed E-state index contributed by atoms with van der Waals surface area (Å²) in [4.78, 5) is 11.7. The molecule has 4 nitrogen and oxygen atoms in total. The predicted molar refractivity (Wildman–Crippen MR) is 71.5 cm³/mol. The van der Waals surface area contributed by atoms with Gasteiger partial charge in [-0.15, -0.1) is 12.4 Å². The fourth-order valence-electron chi connectivity index (χ4n) is 2.01. The van der Waals surface area contributed by atoms with Crippen molar-refractivity contribution in [1.82, 2.24) is 10.6 Å². The predicted octanol–water partition coefficient (Wildman–Crippen LogP) is 1.20. The summed E-state index contributed by atoms with van der Waals surface area (Å²) < 4.78 is 4.97. The van der Waals surface area contributed by atoms with Gasteiger partial charge in [0.2, 0.25) is 5.91 Å². The van der Waals surface area contributed by atoms with Crippen molar-refractivity contribution in [1.29, 1.82) is 0 Å². The van der Waals surface area contributed by atoms with Gasteiger partial charge in [-0.25, -0.2) is 0 Å². The van der Waals surface area contributed by atoms with Crippen LogP contribution in [0.3, 0.4) is 0 Å². The minimum atomic E-state index is -0.0599. The molecule has 0 aromatic heterocycles. The lowest BCUT2D eigenvalue weighted by molar-refractivity contribution is -0.126. The van der Waals surface area contributed by atoms with Crippen LogP contribution in [-0.4, -0.2) is 39.3 Å². The maximum atomic E-state index is 11.7. The van der Waals surface area contributed by atoms with Crippen molar-refractivity contribution < 1.29 is 9.53 Å². The number of rotatable bonds is 5. The molecule has 1 heterocycles. The van der Waals surface area contributed by atoms with Crippen LogP contribution in [0, 0.1) is 11.3 Å². The number of amides is 1. The Labute approximate surface area is 110 Å². The average molecular weight is 265 g/mol. The van der Waals surface area contributed by atoms with Gasteiger partial charge < -0.3 is 15.4 Å². The van der Waals surface area contributed by atoms with Crippen molar-refractivity contribution in [3.8, 4) is 0 Å². The van der Waals surface area contributed by atoms with Gasteiger partial charge >= 0.3 is 0 Å². The molecule has 1 amide bonds. The van der Waals surface area contributed by atoms with Gasteiger partial charge in [-0.05, 0) is 31.3 Å². The zero-order chi connectivity index (χ0) is 12.0. The Morgan fingerprint density at radius 3 is 2.59 bits per heavy atom. The second-order valence-electron chi connectivity index (χ2n) is 5.13. The topological polar surface area (TPSA) is 50.4 Å². The first-order chi connectivity index (χ1) is 7.57. The lowest BCUT2D eigenvalue weighted by Gasteiger charge is -2.34. The number of hydrogen-bond donors (Lipinski definition) is 2. The third-order valence-corrected chi connectivity index (χ3v) is 3.36. The molecule has 1 rings (SSSR count). The number of carbonyl (C=O) groups is 1. The molecule has 0 bridgehead atoms. The average Bonchev–Trinajstić information content (AvgIpc) is 2.27. The van der Waals surface area contributed by atoms with Crippen LogP contribution in [0.1, 0.15) is 26.7 Å². The number of nitrogens with one attached hydrogen (secondary N) is 2. The molecule has 1 atom stereocenters. The molecule has 2 N–H and O–H groups in total. The summed E-state index contributed by atoms with van der Waals surface area (Å²) >= 11 is 0. The molecule has 0 aromatic carbocycles. The Kier molecular flexibility index (Phi) is 7.75. The summed E-state index contributed by atoms with van der Waals surface area (Å²) in [6.45, 7) is 7.52. The van der Waals surface area contributed by atoms with Gasteiger partial charge in [0, 0.05) is 13.7 Å². The zero-order valence-corrected chi connectivity index (χ0v) is 11.9. The number of hydrogen-bond acceptors (Lipinski definition) is 3. The molecule has 1 saturated heterocycles. The number of piperidine rings is 1. The molecule has 0 aromatic rings. The molecule has 1 aliphatic heterocycles. The van der Waals surface area contributed by atoms with Crippen molar-refractivity contribution in [2.24, 2.45) is 11.3 Å². The second-order valence-corrected chi connectivity index (χ2v) is 5.13. The normalized spacial score (nSPS) is 20.2. The number of carbonyl (C=O) groups excluding carboxylic acids is 1. The van der Waals surface area contributed by atoms with E-state index in [0.717, 1.165) is 32.5 Å². The standard InChI is InChI=1S/C12H24N2O2.ClH/c1-10(8-16-3)11(15)14-9-12(2)4-6-13-7-5-12;/h10,13H,4-9H2,1-3H3,(H,14,15);1H. The van der Waals surface area contributed by atoms with E-state index < -0.39 is 0 Å². The van der Waals surface area contributed by atoms with Gasteiger partial charge in [0.1, 0.15) is 0 Å². The lowest BCUT2D eigenvalue weighted by Crippen LogP contribution is -2.44. The fraction of sp³-hybridized carbons (Fsp3) is 0.917. The first kappa shape index (κ1) is 16.7. The Morgan fingerprint density at radius 1 is 1.47 bits per heavy atom. The first-order valence-electron chi connectivity index (χ1n) is 6.05. The van der Waals surface area contributed by atoms with Gasteiger partial charge in [0.25, 0.3) is 0 Å². The minimum absolute atomic E-state index is 0. The molecule has 1 fully saturated rings. The molecule has 102 valence electrons. The van der Waals surface area contributed by atoms with E-state index in [1.807, 2.05) is 6.92 Å². The summed E-state index contributed by atoms with van der Waals surface area (Å²) in [6.07, 6.45) is 2.26. The monoisotopic (exact) mass is 264 g/mol. The van der Waals surface area contributed by atoms with E-state index >= 15 is 0 Å². The highest BCUT2D eigenvalue weighted by Gasteiger charge is 2.27. The van der Waals surface area contributed by atoms with Gasteiger partial charge in [0.15, 0.2) is 0 Å². The Morgan fingerprint density at radius 2 is 2.06 bits per heavy atom. The third-order valence-electron chi connectivity index (χ3n) is 3.36. The Balaban J connectivity index is 0.00000256. The van der Waals surface area contributed by atoms with Crippen LogP contribution in [-0.2, 0) is 9.53 Å². The molecule has 5 heteroatoms. The highest BCUT2D eigenvalue weighted by Crippen LogP contribution is 2.26. The fourth-order valence-corrected chi connectivity index (χ4v) is 2.01. The zero-order valence-electron chi connectivity index (χ0n) is 11.0. The van der Waals surface area contributed by atoms with Gasteiger partial charge in [-0.2, -0.15) is 0 Å². The summed E-state index contributed by atoms with van der Waals surface area (Å²) in [7, 11) is 1.62. The van der Waals surface area contributed by atoms with Crippen molar-refractivity contribution in [3.05, 3.63) is 0 Å². The van der Waals surface area contributed by atoms with E-state index in [0.29, 0.717) is 6.61 Å². The van der Waals surface area contributed by atoms with Crippen LogP contribution in [0.2, 0.25) is 0 Å². The summed E-state index contributed by atoms with van der Waals surface area (Å²) in [5.41, 5.74) is 0.258. The smallest absolute Gasteiger partial charge is 0.225 e. The highest BCUT2D eigenvalue weighted by molar-refractivity contribution is 5.85. The molecule has 1 aliphatic rings. The van der Waals surface area contributed by atoms with E-state index in [2.05, 4.69) is 17.6 Å². The molecule has 17 heavy (non-hydrogen) atoms. The quantitative estimate of drug-likeness (QED) is 0.785. The maximum absolute atomic E-state index is 11.7. The molecule has 1 unspecified atom stereocenters. The highest BCUT2D eigenvalue weighted by atomic mass is 35.5. The van der Waals surface area contributed by atoms with Crippen LogP contribution in [0.25, 0.3) is 0 Å². The SMILES string of the molecule is COCC(C)C(=O)NCC1(C)CCNCC1.Cl. The number of methoxy groups -OCH3 is 1. The largest absolute Gasteiger partial charge is 0.384 e. The third kappa shape index (κ3) is 5.70. The molecule has 0 saturated carbocycles. The molecular formula is C12H25ClN2O2. The van der Waals surface area contributed by atoms with E-state index in [4.69, 9.17) is 4.74 Å². The summed E-state index contributed by atoms with van der Waals surface area (Å²) in [6, 6.07) is 0. The van der Waals surface area contributed by atoms with Crippen molar-refractivity contribution in [3.63, 3.8) is 0 Å². The van der Waals surface area contributed by atoms with E-state index in [1.54, 1.807) is 7.11 Å². The van der Waals surface area contributed by atoms with E-state index in [-0.39, 0.29) is 29.6 Å². The van der Waals surface area contributed by atoms with Crippen molar-refractivity contribution in [2.45, 2.75) is 26.7 Å². The second kappa shape index (κ2) is 7.90. The Hall–Kier alpha value is -0.320. The van der Waals surface area contributed by atoms with Gasteiger partial charge in [-0.1, -0.05) is 13.8 Å². The van der Waals surface area contributed by atoms with Crippen LogP contribution in [0.4, 0.5) is 0 Å². The van der Waals surface area contributed by atoms with E-state index in [1.165, 1.54) is 0 Å². The van der Waals surface area contributed by atoms with E-state index in [9.17, 15) is 4.79 Å². The summed E-state index contributed by atoms with van der Waals surface area (Å²) in [5, 5.41) is 6.37. The molecule has 0 spiro atoms. The van der Waals surface area contributed by atoms with Crippen molar-refractivity contribution in [2.75, 3.05) is 33.4 Å². The van der Waals surface area contributed by atoms with Gasteiger partial charge in [0.05, 0.1) is 12.5 Å². The number of halogens is 1. The minimum Gasteiger partial charge on any atom is -0.384 e. The molecule has 0 radical (unpaired) electrons.